The molecule has 0 saturated carbocycles. The van der Waals surface area contributed by atoms with E-state index in [-0.39, 0.29) is 12.5 Å². The molecule has 1 heterocycles. The van der Waals surface area contributed by atoms with Crippen LogP contribution in [0.5, 0.6) is 0 Å². The van der Waals surface area contributed by atoms with Crippen LogP contribution in [0, 0.1) is 6.92 Å². The number of thioether (sulfide) groups is 1. The molecule has 1 amide bonds. The molecule has 0 aliphatic rings. The average Bonchev–Trinajstić information content (AvgIpc) is 3.12. The number of nitrogens with one attached hydrogen (secondary N) is 1. The second kappa shape index (κ2) is 10.7. The van der Waals surface area contributed by atoms with Gasteiger partial charge in [0.1, 0.15) is 0 Å². The summed E-state index contributed by atoms with van der Waals surface area (Å²) >= 11 is 3.49. The second-order valence-corrected chi connectivity index (χ2v) is 7.42. The summed E-state index contributed by atoms with van der Waals surface area (Å²) in [5.74, 6) is 0.969. The third kappa shape index (κ3) is 7.58. The van der Waals surface area contributed by atoms with Crippen LogP contribution >= 0.6 is 23.1 Å². The smallest absolute Gasteiger partial charge is 0.331 e. The van der Waals surface area contributed by atoms with Gasteiger partial charge in [0.05, 0.1) is 0 Å². The number of carbonyl (C=O) groups is 2. The fourth-order valence-electron chi connectivity index (χ4n) is 2.00. The molecule has 0 aliphatic heterocycles. The maximum atomic E-state index is 11.6. The third-order valence-corrected chi connectivity index (χ3v) is 5.39. The van der Waals surface area contributed by atoms with E-state index in [0.717, 1.165) is 22.6 Å². The number of carbonyl (C=O) groups excluding carboxylic acids is 2. The van der Waals surface area contributed by atoms with Crippen LogP contribution in [0.1, 0.15) is 16.0 Å². The minimum Gasteiger partial charge on any atom is -0.452 e. The molecule has 25 heavy (non-hydrogen) atoms. The van der Waals surface area contributed by atoms with Gasteiger partial charge in [0.15, 0.2) is 6.61 Å². The van der Waals surface area contributed by atoms with Crippen molar-refractivity contribution in [1.29, 1.82) is 0 Å². The zero-order valence-corrected chi connectivity index (χ0v) is 15.7. The maximum Gasteiger partial charge on any atom is 0.331 e. The molecule has 0 aliphatic carbocycles. The summed E-state index contributed by atoms with van der Waals surface area (Å²) in [5, 5.41) is 4.80. The highest BCUT2D eigenvalue weighted by molar-refractivity contribution is 7.98. The van der Waals surface area contributed by atoms with Crippen LogP contribution in [-0.4, -0.2) is 30.8 Å². The Balaban J connectivity index is 1.58. The number of aryl methyl sites for hydroxylation is 1. The summed E-state index contributed by atoms with van der Waals surface area (Å²) in [6.07, 6.45) is 3.03. The molecule has 0 fully saturated rings. The Kier molecular flexibility index (Phi) is 8.28. The first-order valence-electron chi connectivity index (χ1n) is 7.92. The maximum absolute atomic E-state index is 11.6. The Bertz CT molecular complexity index is 711. The monoisotopic (exact) mass is 375 g/mol. The molecule has 6 heteroatoms. The lowest BCUT2D eigenvalue weighted by atomic mass is 10.1. The predicted octanol–water partition coefficient (Wildman–Crippen LogP) is 3.66. The van der Waals surface area contributed by atoms with Crippen LogP contribution in [0.25, 0.3) is 6.08 Å². The largest absolute Gasteiger partial charge is 0.452 e. The summed E-state index contributed by atoms with van der Waals surface area (Å²) in [5.41, 5.74) is 2.02. The Morgan fingerprint density at radius 3 is 2.84 bits per heavy atom. The number of thiophene rings is 1. The van der Waals surface area contributed by atoms with Gasteiger partial charge in [0, 0.05) is 29.0 Å². The highest BCUT2D eigenvalue weighted by atomic mass is 32.2. The lowest BCUT2D eigenvalue weighted by Crippen LogP contribution is -2.30. The van der Waals surface area contributed by atoms with Gasteiger partial charge in [0.25, 0.3) is 5.91 Å². The standard InChI is InChI=1S/C19H21NO3S2/c1-15-5-2-3-6-16(15)8-9-19(22)23-13-18(21)20-10-12-24-14-17-7-4-11-25-17/h2-9,11H,10,12-14H2,1H3,(H,20,21)/b9-8+. The highest BCUT2D eigenvalue weighted by Gasteiger charge is 2.04. The minimum atomic E-state index is -0.523. The van der Waals surface area contributed by atoms with Crippen molar-refractivity contribution in [2.24, 2.45) is 0 Å². The predicted molar refractivity (Wildman–Crippen MR) is 105 cm³/mol. The lowest BCUT2D eigenvalue weighted by Gasteiger charge is -2.05. The Morgan fingerprint density at radius 1 is 1.24 bits per heavy atom. The van der Waals surface area contributed by atoms with Gasteiger partial charge >= 0.3 is 5.97 Å². The van der Waals surface area contributed by atoms with E-state index in [2.05, 4.69) is 16.8 Å². The van der Waals surface area contributed by atoms with Gasteiger partial charge in [0.2, 0.25) is 0 Å². The zero-order valence-electron chi connectivity index (χ0n) is 14.1. The highest BCUT2D eigenvalue weighted by Crippen LogP contribution is 2.16. The molecule has 0 spiro atoms. The van der Waals surface area contributed by atoms with Gasteiger partial charge in [-0.3, -0.25) is 4.79 Å². The molecular formula is C19H21NO3S2. The van der Waals surface area contributed by atoms with E-state index < -0.39 is 5.97 Å². The molecule has 0 radical (unpaired) electrons. The second-order valence-electron chi connectivity index (χ2n) is 5.28. The summed E-state index contributed by atoms with van der Waals surface area (Å²) in [6, 6.07) is 11.9. The number of esters is 1. The van der Waals surface area contributed by atoms with Crippen LogP contribution in [0.4, 0.5) is 0 Å². The fraction of sp³-hybridized carbons (Fsp3) is 0.263. The number of rotatable bonds is 9. The quantitative estimate of drug-likeness (QED) is 0.413. The zero-order chi connectivity index (χ0) is 17.9. The van der Waals surface area contributed by atoms with Crippen molar-refractivity contribution >= 4 is 41.1 Å². The van der Waals surface area contributed by atoms with Crippen LogP contribution in [-0.2, 0) is 20.1 Å². The van der Waals surface area contributed by atoms with Crippen molar-refractivity contribution in [1.82, 2.24) is 5.32 Å². The normalized spacial score (nSPS) is 10.8. The number of ether oxygens (including phenoxy) is 1. The van der Waals surface area contributed by atoms with Gasteiger partial charge in [-0.2, -0.15) is 11.8 Å². The Hall–Kier alpha value is -2.05. The lowest BCUT2D eigenvalue weighted by molar-refractivity contribution is -0.143. The average molecular weight is 376 g/mol. The van der Waals surface area contributed by atoms with Crippen LogP contribution in [0.2, 0.25) is 0 Å². The molecule has 0 saturated heterocycles. The first kappa shape index (κ1) is 19.3. The molecular weight excluding hydrogens is 354 g/mol. The van der Waals surface area contributed by atoms with Gasteiger partial charge in [-0.1, -0.05) is 30.3 Å². The number of benzene rings is 1. The SMILES string of the molecule is Cc1ccccc1/C=C/C(=O)OCC(=O)NCCSCc1cccs1. The van der Waals surface area contributed by atoms with E-state index in [4.69, 9.17) is 4.74 Å². The van der Waals surface area contributed by atoms with E-state index in [1.54, 1.807) is 29.2 Å². The van der Waals surface area contributed by atoms with Gasteiger partial charge < -0.3 is 10.1 Å². The van der Waals surface area contributed by atoms with Gasteiger partial charge in [-0.15, -0.1) is 11.3 Å². The van der Waals surface area contributed by atoms with Crippen molar-refractivity contribution in [3.63, 3.8) is 0 Å². The molecule has 0 unspecified atom stereocenters. The minimum absolute atomic E-state index is 0.257. The third-order valence-electron chi connectivity index (χ3n) is 3.33. The molecule has 2 rings (SSSR count). The summed E-state index contributed by atoms with van der Waals surface area (Å²) in [4.78, 5) is 24.6. The summed E-state index contributed by atoms with van der Waals surface area (Å²) in [7, 11) is 0. The topological polar surface area (TPSA) is 55.4 Å². The van der Waals surface area contributed by atoms with Crippen LogP contribution in [0.15, 0.2) is 47.9 Å². The summed E-state index contributed by atoms with van der Waals surface area (Å²) < 4.78 is 4.94. The Morgan fingerprint density at radius 2 is 2.08 bits per heavy atom. The van der Waals surface area contributed by atoms with Crippen molar-refractivity contribution in [3.05, 3.63) is 63.9 Å². The number of hydrogen-bond donors (Lipinski definition) is 1. The van der Waals surface area contributed by atoms with E-state index in [1.807, 2.05) is 37.3 Å². The van der Waals surface area contributed by atoms with Gasteiger partial charge in [-0.25, -0.2) is 4.79 Å². The Labute approximate surface area is 156 Å². The molecule has 2 aromatic rings. The molecule has 4 nitrogen and oxygen atoms in total. The molecule has 0 bridgehead atoms. The van der Waals surface area contributed by atoms with E-state index >= 15 is 0 Å². The molecule has 1 aromatic carbocycles. The first-order valence-corrected chi connectivity index (χ1v) is 9.96. The first-order chi connectivity index (χ1) is 12.1. The van der Waals surface area contributed by atoms with Crippen molar-refractivity contribution in [3.8, 4) is 0 Å². The molecule has 0 atom stereocenters. The molecule has 132 valence electrons. The molecule has 1 aromatic heterocycles. The van der Waals surface area contributed by atoms with Crippen LogP contribution < -0.4 is 5.32 Å². The van der Waals surface area contributed by atoms with E-state index in [1.165, 1.54) is 11.0 Å². The van der Waals surface area contributed by atoms with Gasteiger partial charge in [-0.05, 0) is 35.6 Å². The number of hydrogen-bond acceptors (Lipinski definition) is 5. The van der Waals surface area contributed by atoms with Crippen molar-refractivity contribution in [2.45, 2.75) is 12.7 Å². The van der Waals surface area contributed by atoms with E-state index in [0.29, 0.717) is 6.54 Å². The fourth-order valence-corrected chi connectivity index (χ4v) is 3.70. The van der Waals surface area contributed by atoms with Crippen molar-refractivity contribution in [2.75, 3.05) is 18.9 Å². The molecule has 1 N–H and O–H groups in total. The summed E-state index contributed by atoms with van der Waals surface area (Å²) in [6.45, 7) is 2.27. The van der Waals surface area contributed by atoms with Crippen LogP contribution in [0.3, 0.4) is 0 Å². The van der Waals surface area contributed by atoms with Crippen molar-refractivity contribution < 1.29 is 14.3 Å². The van der Waals surface area contributed by atoms with E-state index in [9.17, 15) is 9.59 Å². The number of amides is 1.